The van der Waals surface area contributed by atoms with Crippen LogP contribution >= 0.6 is 12.4 Å². The van der Waals surface area contributed by atoms with E-state index in [-0.39, 0.29) is 30.8 Å². The summed E-state index contributed by atoms with van der Waals surface area (Å²) in [5.41, 5.74) is 7.45. The molecule has 8 heteroatoms. The Hall–Kier alpha value is -2.25. The maximum absolute atomic E-state index is 11.7. The Bertz CT molecular complexity index is 693. The van der Waals surface area contributed by atoms with E-state index in [1.54, 1.807) is 17.3 Å². The largest absolute Gasteiger partial charge is 0.341 e. The monoisotopic (exact) mass is 348 g/mol. The topological polar surface area (TPSA) is 97.0 Å². The van der Waals surface area contributed by atoms with Crippen molar-refractivity contribution in [1.29, 1.82) is 0 Å². The molecule has 1 atom stereocenters. The van der Waals surface area contributed by atoms with Gasteiger partial charge in [-0.25, -0.2) is 15.0 Å². The summed E-state index contributed by atoms with van der Waals surface area (Å²) in [6.45, 7) is 3.44. The second-order valence-corrected chi connectivity index (χ2v) is 5.68. The third-order valence-corrected chi connectivity index (χ3v) is 3.96. The lowest BCUT2D eigenvalue weighted by atomic mass is 10.1. The van der Waals surface area contributed by atoms with Crippen LogP contribution < -0.4 is 11.1 Å². The molecule has 0 radical (unpaired) electrons. The van der Waals surface area contributed by atoms with E-state index in [9.17, 15) is 4.79 Å². The molecular weight excluding hydrogens is 328 g/mol. The highest BCUT2D eigenvalue weighted by Gasteiger charge is 2.27. The van der Waals surface area contributed by atoms with Gasteiger partial charge in [0.05, 0.1) is 12.2 Å². The van der Waals surface area contributed by atoms with E-state index in [0.717, 1.165) is 24.2 Å². The first-order valence-corrected chi connectivity index (χ1v) is 7.66. The summed E-state index contributed by atoms with van der Waals surface area (Å²) in [4.78, 5) is 26.6. The summed E-state index contributed by atoms with van der Waals surface area (Å²) in [6, 6.07) is 5.77. The minimum absolute atomic E-state index is 0. The number of carbonyl (C=O) groups is 1. The number of hydrogen-bond donors (Lipinski definition) is 2. The predicted molar refractivity (Wildman–Crippen MR) is 94.5 cm³/mol. The molecule has 0 spiro atoms. The van der Waals surface area contributed by atoms with E-state index in [4.69, 9.17) is 5.73 Å². The average Bonchev–Trinajstić information content (AvgIpc) is 3.07. The molecule has 0 aliphatic carbocycles. The molecule has 7 nitrogen and oxygen atoms in total. The third kappa shape index (κ3) is 4.18. The van der Waals surface area contributed by atoms with Gasteiger partial charge in [-0.15, -0.1) is 12.4 Å². The number of aryl methyl sites for hydroxylation is 1. The van der Waals surface area contributed by atoms with Crippen molar-refractivity contribution in [1.82, 2.24) is 19.9 Å². The molecule has 0 aromatic carbocycles. The quantitative estimate of drug-likeness (QED) is 0.871. The molecule has 1 amide bonds. The van der Waals surface area contributed by atoms with E-state index >= 15 is 0 Å². The van der Waals surface area contributed by atoms with Crippen molar-refractivity contribution in [3.05, 3.63) is 41.9 Å². The number of nitrogens with two attached hydrogens (primary N) is 1. The number of carbonyl (C=O) groups excluding carboxylic acids is 1. The Morgan fingerprint density at radius 3 is 2.92 bits per heavy atom. The maximum atomic E-state index is 11.7. The number of halogens is 1. The average molecular weight is 349 g/mol. The minimum atomic E-state index is -0.0104. The summed E-state index contributed by atoms with van der Waals surface area (Å²) < 4.78 is 0. The Balaban J connectivity index is 0.00000208. The number of rotatable bonds is 4. The number of likely N-dealkylation sites (tertiary alicyclic amines) is 1. The van der Waals surface area contributed by atoms with Crippen molar-refractivity contribution in [2.75, 3.05) is 25.0 Å². The second-order valence-electron chi connectivity index (χ2n) is 5.68. The van der Waals surface area contributed by atoms with Gasteiger partial charge < -0.3 is 16.0 Å². The summed E-state index contributed by atoms with van der Waals surface area (Å²) in [5, 5.41) is 3.11. The molecule has 1 aliphatic rings. The smallest absolute Gasteiger partial charge is 0.236 e. The van der Waals surface area contributed by atoms with Gasteiger partial charge in [-0.05, 0) is 31.0 Å². The normalized spacial score (nSPS) is 16.6. The minimum Gasteiger partial charge on any atom is -0.341 e. The molecule has 1 aliphatic heterocycles. The first kappa shape index (κ1) is 18.1. The molecular formula is C16H21ClN6O. The Morgan fingerprint density at radius 2 is 2.21 bits per heavy atom. The van der Waals surface area contributed by atoms with E-state index in [1.807, 2.05) is 25.1 Å². The Morgan fingerprint density at radius 1 is 1.38 bits per heavy atom. The van der Waals surface area contributed by atoms with Crippen LogP contribution in [-0.4, -0.2) is 45.4 Å². The molecule has 3 N–H and O–H groups in total. The Kier molecular flexibility index (Phi) is 6.05. The second kappa shape index (κ2) is 8.03. The van der Waals surface area contributed by atoms with Crippen molar-refractivity contribution in [2.24, 2.45) is 5.73 Å². The van der Waals surface area contributed by atoms with Crippen molar-refractivity contribution >= 4 is 30.1 Å². The van der Waals surface area contributed by atoms with Gasteiger partial charge in [0.1, 0.15) is 5.82 Å². The summed E-state index contributed by atoms with van der Waals surface area (Å²) in [7, 11) is 0. The highest BCUT2D eigenvalue weighted by Crippen LogP contribution is 2.26. The van der Waals surface area contributed by atoms with Gasteiger partial charge in [0, 0.05) is 31.4 Å². The van der Waals surface area contributed by atoms with Crippen LogP contribution in [0.1, 0.15) is 23.6 Å². The molecule has 2 aromatic rings. The van der Waals surface area contributed by atoms with Gasteiger partial charge in [0.15, 0.2) is 0 Å². The van der Waals surface area contributed by atoms with E-state index < -0.39 is 0 Å². The van der Waals surface area contributed by atoms with Crippen LogP contribution in [0.15, 0.2) is 30.6 Å². The van der Waals surface area contributed by atoms with E-state index in [1.165, 1.54) is 0 Å². The van der Waals surface area contributed by atoms with Gasteiger partial charge in [-0.2, -0.15) is 0 Å². The van der Waals surface area contributed by atoms with Crippen LogP contribution in [0.5, 0.6) is 0 Å². The van der Waals surface area contributed by atoms with Crippen molar-refractivity contribution in [3.8, 4) is 0 Å². The van der Waals surface area contributed by atoms with Crippen LogP contribution in [0.3, 0.4) is 0 Å². The number of nitrogens with zero attached hydrogens (tertiary/aromatic N) is 4. The van der Waals surface area contributed by atoms with Crippen molar-refractivity contribution < 1.29 is 4.79 Å². The lowest BCUT2D eigenvalue weighted by molar-refractivity contribution is -0.128. The van der Waals surface area contributed by atoms with Crippen LogP contribution in [0.2, 0.25) is 0 Å². The first-order chi connectivity index (χ1) is 11.2. The zero-order valence-electron chi connectivity index (χ0n) is 13.5. The highest BCUT2D eigenvalue weighted by atomic mass is 35.5. The fraction of sp³-hybridized carbons (Fsp3) is 0.375. The lowest BCUT2D eigenvalue weighted by Crippen LogP contribution is -2.33. The molecule has 128 valence electrons. The van der Waals surface area contributed by atoms with Crippen LogP contribution in [0.4, 0.5) is 11.8 Å². The standard InChI is InChI=1S/C16H20N6O.ClH/c1-11-2-3-14(19-9-11)21-16-18-6-4-13(20-16)12-5-7-22(10-12)15(23)8-17;/h2-4,6,9,12H,5,7-8,10,17H2,1H3,(H,18,19,20,21);1H. The highest BCUT2D eigenvalue weighted by molar-refractivity contribution is 5.85. The van der Waals surface area contributed by atoms with Crippen LogP contribution in [0, 0.1) is 6.92 Å². The van der Waals surface area contributed by atoms with Crippen molar-refractivity contribution in [2.45, 2.75) is 19.3 Å². The fourth-order valence-electron chi connectivity index (χ4n) is 2.67. The molecule has 1 unspecified atom stereocenters. The third-order valence-electron chi connectivity index (χ3n) is 3.96. The molecule has 1 saturated heterocycles. The predicted octanol–water partition coefficient (Wildman–Crippen LogP) is 1.62. The molecule has 24 heavy (non-hydrogen) atoms. The number of hydrogen-bond acceptors (Lipinski definition) is 6. The molecule has 0 saturated carbocycles. The van der Waals surface area contributed by atoms with E-state index in [0.29, 0.717) is 18.3 Å². The molecule has 3 heterocycles. The van der Waals surface area contributed by atoms with Gasteiger partial charge >= 0.3 is 0 Å². The maximum Gasteiger partial charge on any atom is 0.236 e. The SMILES string of the molecule is Cc1ccc(Nc2nccc(C3CCN(C(=O)CN)C3)n2)nc1.Cl. The zero-order valence-corrected chi connectivity index (χ0v) is 14.3. The molecule has 3 rings (SSSR count). The molecule has 1 fully saturated rings. The van der Waals surface area contributed by atoms with Gasteiger partial charge in [-0.1, -0.05) is 6.07 Å². The number of aromatic nitrogens is 3. The number of amides is 1. The summed E-state index contributed by atoms with van der Waals surface area (Å²) in [5.74, 6) is 1.44. The summed E-state index contributed by atoms with van der Waals surface area (Å²) in [6.07, 6.45) is 4.41. The Labute approximate surface area is 147 Å². The van der Waals surface area contributed by atoms with Gasteiger partial charge in [0.25, 0.3) is 0 Å². The van der Waals surface area contributed by atoms with Gasteiger partial charge in [0.2, 0.25) is 11.9 Å². The molecule has 2 aromatic heterocycles. The number of nitrogens with one attached hydrogen (secondary N) is 1. The number of anilines is 2. The van der Waals surface area contributed by atoms with Gasteiger partial charge in [-0.3, -0.25) is 4.79 Å². The lowest BCUT2D eigenvalue weighted by Gasteiger charge is -2.15. The van der Waals surface area contributed by atoms with E-state index in [2.05, 4.69) is 20.3 Å². The van der Waals surface area contributed by atoms with Crippen LogP contribution in [-0.2, 0) is 4.79 Å². The zero-order chi connectivity index (χ0) is 16.2. The number of pyridine rings is 1. The fourth-order valence-corrected chi connectivity index (χ4v) is 2.67. The summed E-state index contributed by atoms with van der Waals surface area (Å²) >= 11 is 0. The van der Waals surface area contributed by atoms with Crippen molar-refractivity contribution in [3.63, 3.8) is 0 Å². The van der Waals surface area contributed by atoms with Crippen LogP contribution in [0.25, 0.3) is 0 Å². The molecule has 0 bridgehead atoms. The first-order valence-electron chi connectivity index (χ1n) is 7.66.